The quantitative estimate of drug-likeness (QED) is 0.0436. The van der Waals surface area contributed by atoms with Gasteiger partial charge in [0, 0.05) is 25.9 Å². The van der Waals surface area contributed by atoms with Gasteiger partial charge < -0.3 is 84.7 Å². The van der Waals surface area contributed by atoms with Gasteiger partial charge in [-0.15, -0.1) is 0 Å². The van der Waals surface area contributed by atoms with Crippen LogP contribution in [-0.4, -0.2) is 165 Å². The van der Waals surface area contributed by atoms with E-state index in [1.54, 1.807) is 0 Å². The van der Waals surface area contributed by atoms with Crippen LogP contribution in [-0.2, 0) is 42.8 Å². The van der Waals surface area contributed by atoms with Crippen molar-refractivity contribution in [3.8, 4) is 0 Å². The number of nitrogens with one attached hydrogen (secondary N) is 2. The zero-order valence-corrected chi connectivity index (χ0v) is 32.2. The number of carboxylic acid groups (broad SMARTS) is 1. The summed E-state index contributed by atoms with van der Waals surface area (Å²) in [5.41, 5.74) is 0. The van der Waals surface area contributed by atoms with Crippen molar-refractivity contribution in [1.29, 1.82) is 0 Å². The molecule has 296 valence electrons. The second kappa shape index (κ2) is 23.1. The van der Waals surface area contributed by atoms with Crippen LogP contribution in [0.1, 0.15) is 72.1 Å². The first kappa shape index (κ1) is 47.0. The second-order valence-electron chi connectivity index (χ2n) is 13.2. The summed E-state index contributed by atoms with van der Waals surface area (Å²) in [5, 5.41) is 90.0. The van der Waals surface area contributed by atoms with Crippen molar-refractivity contribution in [2.24, 2.45) is 0 Å². The molecule has 3 aliphatic rings. The molecule has 0 aromatic carbocycles. The van der Waals surface area contributed by atoms with Crippen LogP contribution in [0, 0.1) is 0 Å². The van der Waals surface area contributed by atoms with Crippen LogP contribution < -0.4 is 45.3 Å². The molecule has 0 aromatic heterocycles. The third kappa shape index (κ3) is 13.3. The van der Waals surface area contributed by atoms with Gasteiger partial charge in [0.1, 0.15) is 61.0 Å². The predicted molar refractivity (Wildman–Crippen MR) is 169 cm³/mol. The van der Waals surface area contributed by atoms with Gasteiger partial charge in [-0.1, -0.05) is 39.0 Å². The van der Waals surface area contributed by atoms with E-state index in [-0.39, 0.29) is 36.2 Å². The second-order valence-corrected chi connectivity index (χ2v) is 13.2. The number of hydrogen-bond donors (Lipinski definition) is 9. The molecule has 0 radical (unpaired) electrons. The summed E-state index contributed by atoms with van der Waals surface area (Å²) < 4.78 is 34.9. The molecule has 0 bridgehead atoms. The Labute approximate surface area is 324 Å². The molecule has 3 aliphatic heterocycles. The largest absolute Gasteiger partial charge is 1.00 e. The molecule has 0 saturated carbocycles. The Morgan fingerprint density at radius 3 is 1.98 bits per heavy atom. The van der Waals surface area contributed by atoms with Crippen LogP contribution >= 0.6 is 0 Å². The SMILES string of the molecule is CCCCCCCCO[C@@H]1O[C@H](CO[C@H]2O[C@H](C)[C@@H](NC(=O)CCC(=O)[O-])[C@H](O)[C@@H]2O[C@@H]2O[C@H](CO)[C@@H](O)[C@H](O)[C@H]2NC(C)=O)[C@@H](O)[C@H](O)[C@H]1O.[Na+]. The van der Waals surface area contributed by atoms with Gasteiger partial charge in [0.25, 0.3) is 0 Å². The average molecular weight is 763 g/mol. The first-order valence-electron chi connectivity index (χ1n) is 17.5. The molecule has 52 heavy (non-hydrogen) atoms. The van der Waals surface area contributed by atoms with Crippen LogP contribution in [0.2, 0.25) is 0 Å². The number of carbonyl (C=O) groups is 3. The van der Waals surface area contributed by atoms with Gasteiger partial charge in [-0.2, -0.15) is 0 Å². The summed E-state index contributed by atoms with van der Waals surface area (Å²) >= 11 is 0. The summed E-state index contributed by atoms with van der Waals surface area (Å²) in [6.45, 7) is 3.65. The fraction of sp³-hybridized carbons (Fsp3) is 0.906. The van der Waals surface area contributed by atoms with Gasteiger partial charge in [0.15, 0.2) is 18.9 Å². The minimum absolute atomic E-state index is 0. The molecule has 2 amide bonds. The zero-order valence-electron chi connectivity index (χ0n) is 30.2. The minimum atomic E-state index is -1.71. The summed E-state index contributed by atoms with van der Waals surface area (Å²) in [4.78, 5) is 35.4. The molecule has 0 aliphatic carbocycles. The standard InChI is InChI=1S/C32H56N2O17.Na/c1-4-5-6-7-8-9-12-46-31-28(45)27(44)24(41)18(50-31)14-47-32-29(26(43)21(15(2)48-32)34-19(37)10-11-20(38)39)51-30-22(33-16(3)36)25(42)23(40)17(13-35)49-30;/h15,17-18,21-32,35,40-45H,4-14H2,1-3H3,(H,33,36)(H,34,37)(H,38,39);/q;+1/p-1/t15-,17-,18-,21-,22-,23-,24-,25-,26+,27+,28-,29+,30+,31-,32+;/m1./s1. The van der Waals surface area contributed by atoms with E-state index in [0.29, 0.717) is 6.42 Å². The number of aliphatic carboxylic acids is 1. The van der Waals surface area contributed by atoms with Crippen molar-refractivity contribution in [2.45, 2.75) is 164 Å². The van der Waals surface area contributed by atoms with E-state index in [1.807, 2.05) is 0 Å². The van der Waals surface area contributed by atoms with Crippen molar-refractivity contribution in [2.75, 3.05) is 19.8 Å². The van der Waals surface area contributed by atoms with E-state index in [2.05, 4.69) is 17.6 Å². The number of unbranched alkanes of at least 4 members (excludes halogenated alkanes) is 5. The van der Waals surface area contributed by atoms with Gasteiger partial charge >= 0.3 is 29.6 Å². The summed E-state index contributed by atoms with van der Waals surface area (Å²) in [6, 6.07) is -2.67. The minimum Gasteiger partial charge on any atom is -0.550 e. The number of hydrogen-bond acceptors (Lipinski definition) is 17. The molecule has 19 nitrogen and oxygen atoms in total. The first-order chi connectivity index (χ1) is 24.2. The van der Waals surface area contributed by atoms with Crippen LogP contribution in [0.5, 0.6) is 0 Å². The van der Waals surface area contributed by atoms with Crippen LogP contribution in [0.15, 0.2) is 0 Å². The summed E-state index contributed by atoms with van der Waals surface area (Å²) in [7, 11) is 0. The molecule has 3 fully saturated rings. The zero-order chi connectivity index (χ0) is 37.8. The number of amides is 2. The Morgan fingerprint density at radius 2 is 1.35 bits per heavy atom. The number of rotatable bonds is 19. The smallest absolute Gasteiger partial charge is 0.550 e. The van der Waals surface area contributed by atoms with E-state index in [4.69, 9.17) is 28.4 Å². The van der Waals surface area contributed by atoms with Gasteiger partial charge in [-0.05, 0) is 19.8 Å². The van der Waals surface area contributed by atoms with Crippen LogP contribution in [0.25, 0.3) is 0 Å². The van der Waals surface area contributed by atoms with E-state index in [1.165, 1.54) is 6.92 Å². The Balaban J connectivity index is 0.00000936. The summed E-state index contributed by atoms with van der Waals surface area (Å²) in [5.74, 6) is -2.88. The monoisotopic (exact) mass is 762 g/mol. The van der Waals surface area contributed by atoms with Crippen molar-refractivity contribution in [1.82, 2.24) is 10.6 Å². The molecule has 9 N–H and O–H groups in total. The van der Waals surface area contributed by atoms with Crippen molar-refractivity contribution in [3.63, 3.8) is 0 Å². The molecular formula is C32H55N2NaO17. The number of aliphatic hydroxyl groups is 7. The van der Waals surface area contributed by atoms with E-state index >= 15 is 0 Å². The first-order valence-corrected chi connectivity index (χ1v) is 17.5. The molecule has 3 rings (SSSR count). The third-order valence-electron chi connectivity index (χ3n) is 9.13. The number of ether oxygens (including phenoxy) is 6. The van der Waals surface area contributed by atoms with Gasteiger partial charge in [-0.3, -0.25) is 9.59 Å². The van der Waals surface area contributed by atoms with Gasteiger partial charge in [-0.25, -0.2) is 0 Å². The molecule has 0 aromatic rings. The average Bonchev–Trinajstić information content (AvgIpc) is 3.08. The predicted octanol–water partition coefficient (Wildman–Crippen LogP) is -7.36. The normalized spacial score (nSPS) is 37.8. The number of carbonyl (C=O) groups excluding carboxylic acids is 3. The van der Waals surface area contributed by atoms with E-state index < -0.39 is 136 Å². The Hall–Kier alpha value is -1.11. The fourth-order valence-electron chi connectivity index (χ4n) is 6.18. The number of aliphatic hydroxyl groups excluding tert-OH is 7. The maximum Gasteiger partial charge on any atom is 1.00 e. The molecule has 0 unspecified atom stereocenters. The molecule has 15 atom stereocenters. The Bertz CT molecular complexity index is 1100. The molecular weight excluding hydrogens is 707 g/mol. The van der Waals surface area contributed by atoms with Crippen molar-refractivity contribution >= 4 is 17.8 Å². The fourth-order valence-corrected chi connectivity index (χ4v) is 6.18. The molecule has 3 saturated heterocycles. The van der Waals surface area contributed by atoms with Gasteiger partial charge in [0.2, 0.25) is 11.8 Å². The van der Waals surface area contributed by atoms with Crippen molar-refractivity contribution in [3.05, 3.63) is 0 Å². The Kier molecular flexibility index (Phi) is 20.9. The maximum atomic E-state index is 12.5. The number of carboxylic acids is 1. The van der Waals surface area contributed by atoms with Gasteiger partial charge in [0.05, 0.1) is 25.4 Å². The van der Waals surface area contributed by atoms with E-state index in [0.717, 1.165) is 39.0 Å². The topological polar surface area (TPSA) is 295 Å². The summed E-state index contributed by atoms with van der Waals surface area (Å²) in [6.07, 6.45) is -14.9. The van der Waals surface area contributed by atoms with E-state index in [9.17, 15) is 55.2 Å². The van der Waals surface area contributed by atoms with Crippen molar-refractivity contribution < 1.29 is 113 Å². The molecule has 0 spiro atoms. The Morgan fingerprint density at radius 1 is 0.712 bits per heavy atom. The molecule has 20 heteroatoms. The third-order valence-corrected chi connectivity index (χ3v) is 9.13. The van der Waals surface area contributed by atoms with Crippen LogP contribution in [0.3, 0.4) is 0 Å². The maximum absolute atomic E-state index is 12.5. The molecule has 3 heterocycles. The van der Waals surface area contributed by atoms with Crippen LogP contribution in [0.4, 0.5) is 0 Å².